The van der Waals surface area contributed by atoms with Gasteiger partial charge < -0.3 is 14.5 Å². The van der Waals surface area contributed by atoms with E-state index in [-0.39, 0.29) is 12.0 Å². The van der Waals surface area contributed by atoms with Crippen LogP contribution < -0.4 is 11.2 Å². The number of alkyl halides is 1. The van der Waals surface area contributed by atoms with Crippen molar-refractivity contribution in [2.45, 2.75) is 31.8 Å². The third kappa shape index (κ3) is 3.86. The van der Waals surface area contributed by atoms with E-state index in [0.29, 0.717) is 0 Å². The molecule has 1 aromatic heterocycles. The number of ether oxygens (including phenoxy) is 1. The van der Waals surface area contributed by atoms with Gasteiger partial charge >= 0.3 is 13.5 Å². The van der Waals surface area contributed by atoms with Gasteiger partial charge in [-0.05, 0) is 6.92 Å². The number of hydrogen-bond donors (Lipinski definition) is 3. The van der Waals surface area contributed by atoms with Gasteiger partial charge in [-0.3, -0.25) is 18.9 Å². The molecule has 21 heavy (non-hydrogen) atoms. The minimum atomic E-state index is -4.72. The summed E-state index contributed by atoms with van der Waals surface area (Å²) in [7, 11) is -4.72. The van der Waals surface area contributed by atoms with Crippen molar-refractivity contribution in [2.24, 2.45) is 0 Å². The highest BCUT2D eigenvalue weighted by Gasteiger charge is 2.38. The molecule has 9 nitrogen and oxygen atoms in total. The van der Waals surface area contributed by atoms with Crippen molar-refractivity contribution >= 4 is 7.82 Å². The number of aryl methyl sites for hydroxylation is 1. The Balaban J connectivity index is 2.14. The highest BCUT2D eigenvalue weighted by atomic mass is 31.2. The summed E-state index contributed by atoms with van der Waals surface area (Å²) >= 11 is 0. The van der Waals surface area contributed by atoms with Gasteiger partial charge in [0.25, 0.3) is 5.56 Å². The van der Waals surface area contributed by atoms with E-state index in [0.717, 1.165) is 4.57 Å². The number of aromatic amines is 1. The van der Waals surface area contributed by atoms with Crippen LogP contribution in [0.2, 0.25) is 0 Å². The van der Waals surface area contributed by atoms with E-state index >= 15 is 0 Å². The fourth-order valence-electron chi connectivity index (χ4n) is 1.98. The lowest BCUT2D eigenvalue weighted by atomic mass is 10.2. The number of rotatable bonds is 4. The molecule has 118 valence electrons. The summed E-state index contributed by atoms with van der Waals surface area (Å²) in [5.41, 5.74) is -1.05. The smallest absolute Gasteiger partial charge is 0.349 e. The zero-order valence-corrected chi connectivity index (χ0v) is 11.8. The normalized spacial score (nSPS) is 26.2. The number of nitrogens with one attached hydrogen (secondary N) is 1. The molecule has 1 saturated heterocycles. The van der Waals surface area contributed by atoms with Crippen molar-refractivity contribution in [2.75, 3.05) is 6.61 Å². The summed E-state index contributed by atoms with van der Waals surface area (Å²) < 4.78 is 34.8. The van der Waals surface area contributed by atoms with Gasteiger partial charge in [0, 0.05) is 18.2 Å². The molecule has 1 unspecified atom stereocenters. The quantitative estimate of drug-likeness (QED) is 0.641. The molecule has 0 bridgehead atoms. The zero-order chi connectivity index (χ0) is 15.8. The van der Waals surface area contributed by atoms with Crippen LogP contribution in [0.5, 0.6) is 0 Å². The van der Waals surface area contributed by atoms with Crippen molar-refractivity contribution in [1.82, 2.24) is 9.55 Å². The van der Waals surface area contributed by atoms with Crippen molar-refractivity contribution < 1.29 is 28.0 Å². The molecule has 0 radical (unpaired) electrons. The van der Waals surface area contributed by atoms with Gasteiger partial charge in [0.05, 0.1) is 6.61 Å². The van der Waals surface area contributed by atoms with Gasteiger partial charge in [0.15, 0.2) is 0 Å². The second-order valence-corrected chi connectivity index (χ2v) is 5.89. The number of hydrogen-bond acceptors (Lipinski definition) is 5. The van der Waals surface area contributed by atoms with Crippen LogP contribution in [-0.4, -0.2) is 38.2 Å². The van der Waals surface area contributed by atoms with E-state index in [9.17, 15) is 18.5 Å². The molecule has 0 aliphatic carbocycles. The monoisotopic (exact) mass is 324 g/mol. The Labute approximate surface area is 117 Å². The molecule has 2 heterocycles. The SMILES string of the molecule is Cc1cn([C@H]2CC(F)[C@@H](COP(=O)(O)O)O2)c(=O)[nH]c1=O. The molecule has 1 aliphatic rings. The highest BCUT2D eigenvalue weighted by molar-refractivity contribution is 7.46. The average Bonchev–Trinajstić information content (AvgIpc) is 2.72. The largest absolute Gasteiger partial charge is 0.469 e. The third-order valence-corrected chi connectivity index (χ3v) is 3.51. The molecule has 11 heteroatoms. The number of H-pyrrole nitrogens is 1. The van der Waals surface area contributed by atoms with Crippen LogP contribution in [-0.2, 0) is 13.8 Å². The van der Waals surface area contributed by atoms with Crippen molar-refractivity contribution in [1.29, 1.82) is 0 Å². The molecule has 3 atom stereocenters. The van der Waals surface area contributed by atoms with Crippen molar-refractivity contribution in [3.63, 3.8) is 0 Å². The lowest BCUT2D eigenvalue weighted by Gasteiger charge is -2.16. The summed E-state index contributed by atoms with van der Waals surface area (Å²) in [5, 5.41) is 0. The fraction of sp³-hybridized carbons (Fsp3) is 0.600. The van der Waals surface area contributed by atoms with E-state index < -0.39 is 44.2 Å². The van der Waals surface area contributed by atoms with Crippen LogP contribution in [0.25, 0.3) is 0 Å². The molecule has 0 saturated carbocycles. The standard InChI is InChI=1S/C10H14FN2O7P/c1-5-3-13(10(15)12-9(5)14)8-2-6(11)7(20-8)4-19-21(16,17)18/h3,6-8H,2,4H2,1H3,(H,12,14,15)(H2,16,17,18)/t6?,7-,8-/m1/s1. The van der Waals surface area contributed by atoms with Gasteiger partial charge in [-0.25, -0.2) is 13.8 Å². The predicted octanol–water partition coefficient (Wildman–Crippen LogP) is -0.420. The average molecular weight is 324 g/mol. The van der Waals surface area contributed by atoms with Crippen LogP contribution in [0.15, 0.2) is 15.8 Å². The Morgan fingerprint density at radius 3 is 2.86 bits per heavy atom. The predicted molar refractivity (Wildman–Crippen MR) is 67.5 cm³/mol. The molecule has 0 spiro atoms. The Morgan fingerprint density at radius 1 is 1.57 bits per heavy atom. The minimum Gasteiger partial charge on any atom is -0.349 e. The summed E-state index contributed by atoms with van der Waals surface area (Å²) in [4.78, 5) is 42.1. The Hall–Kier alpha value is -1.32. The lowest BCUT2D eigenvalue weighted by Crippen LogP contribution is -2.33. The number of aromatic nitrogens is 2. The minimum absolute atomic E-state index is 0.194. The van der Waals surface area contributed by atoms with Crippen LogP contribution in [0.4, 0.5) is 4.39 Å². The number of halogens is 1. The molecule has 1 aliphatic heterocycles. The van der Waals surface area contributed by atoms with E-state index in [1.54, 1.807) is 0 Å². The van der Waals surface area contributed by atoms with Crippen LogP contribution in [0.1, 0.15) is 18.2 Å². The van der Waals surface area contributed by atoms with E-state index in [1.807, 2.05) is 0 Å². The first-order valence-electron chi connectivity index (χ1n) is 5.99. The lowest BCUT2D eigenvalue weighted by molar-refractivity contribution is -0.0351. The highest BCUT2D eigenvalue weighted by Crippen LogP contribution is 2.38. The Morgan fingerprint density at radius 2 is 2.24 bits per heavy atom. The molecule has 2 rings (SSSR count). The van der Waals surface area contributed by atoms with Gasteiger partial charge in [0.2, 0.25) is 0 Å². The second kappa shape index (κ2) is 5.82. The van der Waals surface area contributed by atoms with Crippen LogP contribution in [0, 0.1) is 6.92 Å². The topological polar surface area (TPSA) is 131 Å². The maximum atomic E-state index is 13.8. The second-order valence-electron chi connectivity index (χ2n) is 4.65. The molecule has 1 fully saturated rings. The zero-order valence-electron chi connectivity index (χ0n) is 10.9. The number of nitrogens with zero attached hydrogens (tertiary/aromatic N) is 1. The van der Waals surface area contributed by atoms with Crippen molar-refractivity contribution in [3.8, 4) is 0 Å². The molecular formula is C10H14FN2O7P. The Bertz CT molecular complexity index is 681. The maximum Gasteiger partial charge on any atom is 0.469 e. The molecule has 3 N–H and O–H groups in total. The maximum absolute atomic E-state index is 13.8. The van der Waals surface area contributed by atoms with Gasteiger partial charge in [-0.15, -0.1) is 0 Å². The van der Waals surface area contributed by atoms with E-state index in [2.05, 4.69) is 9.51 Å². The third-order valence-electron chi connectivity index (χ3n) is 3.03. The summed E-state index contributed by atoms with van der Waals surface area (Å²) in [6.07, 6.45) is -2.69. The van der Waals surface area contributed by atoms with E-state index in [4.69, 9.17) is 14.5 Å². The van der Waals surface area contributed by atoms with Crippen LogP contribution >= 0.6 is 7.82 Å². The molecule has 0 amide bonds. The number of phosphoric ester groups is 1. The summed E-state index contributed by atoms with van der Waals surface area (Å²) in [6, 6.07) is 0. The van der Waals surface area contributed by atoms with Gasteiger partial charge in [0.1, 0.15) is 18.5 Å². The molecule has 0 aromatic carbocycles. The number of phosphoric acid groups is 1. The Kier molecular flexibility index (Phi) is 4.45. The summed E-state index contributed by atoms with van der Waals surface area (Å²) in [5.74, 6) is 0. The van der Waals surface area contributed by atoms with Gasteiger partial charge in [-0.1, -0.05) is 0 Å². The van der Waals surface area contributed by atoms with Gasteiger partial charge in [-0.2, -0.15) is 0 Å². The van der Waals surface area contributed by atoms with Crippen LogP contribution in [0.3, 0.4) is 0 Å². The molecule has 1 aromatic rings. The first kappa shape index (κ1) is 16.1. The first-order valence-corrected chi connectivity index (χ1v) is 7.52. The first-order chi connectivity index (χ1) is 9.67. The van der Waals surface area contributed by atoms with Crippen molar-refractivity contribution in [3.05, 3.63) is 32.6 Å². The van der Waals surface area contributed by atoms with E-state index in [1.165, 1.54) is 13.1 Å². The summed E-state index contributed by atoms with van der Waals surface area (Å²) in [6.45, 7) is 0.837. The fourth-order valence-corrected chi connectivity index (χ4v) is 2.32. The molecular weight excluding hydrogens is 310 g/mol.